The summed E-state index contributed by atoms with van der Waals surface area (Å²) in [6.45, 7) is 13.3. The summed E-state index contributed by atoms with van der Waals surface area (Å²) in [5, 5.41) is 15.0. The molecule has 2 amide bonds. The number of amides is 2. The van der Waals surface area contributed by atoms with Gasteiger partial charge in [-0.05, 0) is 55.2 Å². The molecule has 2 aromatic carbocycles. The lowest BCUT2D eigenvalue weighted by atomic mass is 9.85. The zero-order chi connectivity index (χ0) is 35.3. The van der Waals surface area contributed by atoms with Crippen LogP contribution in [0.5, 0.6) is 5.75 Å². The molecule has 264 valence electrons. The summed E-state index contributed by atoms with van der Waals surface area (Å²) >= 11 is 0. The molecule has 4 N–H and O–H groups in total. The maximum absolute atomic E-state index is 13.5. The highest BCUT2D eigenvalue weighted by molar-refractivity contribution is 6.05. The number of aryl methyl sites for hydroxylation is 1. The van der Waals surface area contributed by atoms with Crippen molar-refractivity contribution in [1.82, 2.24) is 30.1 Å². The van der Waals surface area contributed by atoms with E-state index in [-0.39, 0.29) is 23.6 Å². The molecular formula is C38H49N9O3. The van der Waals surface area contributed by atoms with Gasteiger partial charge in [0.25, 0.3) is 0 Å². The van der Waals surface area contributed by atoms with Crippen LogP contribution in [0.2, 0.25) is 0 Å². The number of morpholine rings is 1. The highest BCUT2D eigenvalue weighted by Crippen LogP contribution is 2.39. The first-order valence-electron chi connectivity index (χ1n) is 17.4. The van der Waals surface area contributed by atoms with Crippen LogP contribution in [0, 0.1) is 12.3 Å². The van der Waals surface area contributed by atoms with E-state index in [9.17, 15) is 4.79 Å². The van der Waals surface area contributed by atoms with E-state index in [0.717, 1.165) is 85.5 Å². The van der Waals surface area contributed by atoms with E-state index in [4.69, 9.17) is 20.2 Å². The molecule has 1 aliphatic heterocycles. The van der Waals surface area contributed by atoms with E-state index >= 15 is 0 Å². The quantitative estimate of drug-likeness (QED) is 0.152. The van der Waals surface area contributed by atoms with Gasteiger partial charge in [-0.15, -0.1) is 10.2 Å². The fourth-order valence-corrected chi connectivity index (χ4v) is 6.12. The monoisotopic (exact) mass is 679 g/mol. The second kappa shape index (κ2) is 15.3. The number of fused-ring (bicyclic) bond motifs is 2. The molecule has 2 atom stereocenters. The third-order valence-corrected chi connectivity index (χ3v) is 9.26. The van der Waals surface area contributed by atoms with E-state index < -0.39 is 0 Å². The number of carbonyl (C=O) groups excluding carboxylic acids is 1. The number of nitrogens with one attached hydrogen (secondary N) is 2. The van der Waals surface area contributed by atoms with Crippen LogP contribution < -0.4 is 26.0 Å². The Morgan fingerprint density at radius 2 is 1.80 bits per heavy atom. The number of benzene rings is 2. The van der Waals surface area contributed by atoms with Crippen molar-refractivity contribution in [3.05, 3.63) is 95.3 Å². The number of ether oxygens (including phenoxy) is 2. The van der Waals surface area contributed by atoms with Gasteiger partial charge in [0.05, 0.1) is 31.1 Å². The van der Waals surface area contributed by atoms with Crippen LogP contribution in [-0.2, 0) is 4.74 Å². The normalized spacial score (nSPS) is 18.8. The molecule has 4 aromatic rings. The molecule has 1 saturated heterocycles. The number of hydrogen-bond acceptors (Lipinski definition) is 9. The summed E-state index contributed by atoms with van der Waals surface area (Å²) in [5.74, 6) is 1.87. The number of urea groups is 1. The molecule has 1 fully saturated rings. The Kier molecular flexibility index (Phi) is 10.7. The van der Waals surface area contributed by atoms with Crippen molar-refractivity contribution in [3.63, 3.8) is 0 Å². The molecule has 3 heterocycles. The minimum Gasteiger partial charge on any atom is -0.484 e. The number of rotatable bonds is 9. The number of allylic oxidation sites excluding steroid dienone is 1. The van der Waals surface area contributed by atoms with Gasteiger partial charge in [0.2, 0.25) is 5.95 Å². The standard InChI is InChI=1S/C38H49N9O3/c1-26-10-12-27(13-11-26)40-34(24-33(39)38(2,3)4)42-36(48)41-31-15-16-32(30-9-7-6-8-29(30)31)50-28-14-17-35-43-44-37(47(35)25-28)45(5)18-19-46-20-22-49-23-21-46/h6-14,17,24-25,31-32H,15-16,18-23,39H2,1-5H3,(H2,40,41,42,48)/t31-,32+/m0/s1. The minimum absolute atomic E-state index is 0.183. The molecular weight excluding hydrogens is 630 g/mol. The molecule has 0 saturated carbocycles. The van der Waals surface area contributed by atoms with Gasteiger partial charge >= 0.3 is 6.03 Å². The topological polar surface area (TPSA) is 135 Å². The predicted molar refractivity (Wildman–Crippen MR) is 197 cm³/mol. The number of nitrogens with two attached hydrogens (primary N) is 1. The molecule has 2 aromatic heterocycles. The zero-order valence-corrected chi connectivity index (χ0v) is 29.7. The van der Waals surface area contributed by atoms with Crippen LogP contribution in [0.15, 0.2) is 83.6 Å². The number of hydrogen-bond donors (Lipinski definition) is 3. The smallest absolute Gasteiger partial charge is 0.320 e. The van der Waals surface area contributed by atoms with Crippen LogP contribution in [0.1, 0.15) is 62.4 Å². The Hall–Kier alpha value is -4.94. The molecule has 50 heavy (non-hydrogen) atoms. The SMILES string of the molecule is Cc1ccc(N=C(C=C(N)C(C)(C)C)NC(=O)N[C@H]2CC[C@@H](Oc3ccc4nnc(N(C)CCN5CCOCC5)n4c3)c3ccccc32)cc1. The third-order valence-electron chi connectivity index (χ3n) is 9.26. The van der Waals surface area contributed by atoms with Crippen LogP contribution in [0.25, 0.3) is 5.65 Å². The highest BCUT2D eigenvalue weighted by atomic mass is 16.5. The lowest BCUT2D eigenvalue weighted by molar-refractivity contribution is 0.0392. The predicted octanol–water partition coefficient (Wildman–Crippen LogP) is 5.68. The zero-order valence-electron chi connectivity index (χ0n) is 29.7. The van der Waals surface area contributed by atoms with Crippen molar-refractivity contribution >= 4 is 29.1 Å². The summed E-state index contributed by atoms with van der Waals surface area (Å²) in [6, 6.07) is 19.3. The lowest BCUT2D eigenvalue weighted by Gasteiger charge is -2.32. The summed E-state index contributed by atoms with van der Waals surface area (Å²) in [4.78, 5) is 22.7. The number of amidine groups is 1. The average Bonchev–Trinajstić information content (AvgIpc) is 3.53. The number of likely N-dealkylation sites (N-methyl/N-ethyl adjacent to an activating group) is 1. The minimum atomic E-state index is -0.351. The van der Waals surface area contributed by atoms with Crippen molar-refractivity contribution in [3.8, 4) is 5.75 Å². The third kappa shape index (κ3) is 8.61. The molecule has 6 rings (SSSR count). The Morgan fingerprint density at radius 3 is 2.54 bits per heavy atom. The Bertz CT molecular complexity index is 1840. The molecule has 1 aliphatic carbocycles. The Morgan fingerprint density at radius 1 is 1.06 bits per heavy atom. The molecule has 2 aliphatic rings. The van der Waals surface area contributed by atoms with Gasteiger partial charge in [-0.1, -0.05) is 62.7 Å². The number of nitrogens with zero attached hydrogens (tertiary/aromatic N) is 6. The van der Waals surface area contributed by atoms with Gasteiger partial charge in [0.1, 0.15) is 17.7 Å². The van der Waals surface area contributed by atoms with Crippen molar-refractivity contribution in [1.29, 1.82) is 0 Å². The second-order valence-electron chi connectivity index (χ2n) is 14.1. The summed E-state index contributed by atoms with van der Waals surface area (Å²) < 4.78 is 14.1. The van der Waals surface area contributed by atoms with E-state index in [1.165, 1.54) is 0 Å². The van der Waals surface area contributed by atoms with Gasteiger partial charge in [-0.25, -0.2) is 9.79 Å². The van der Waals surface area contributed by atoms with Crippen molar-refractivity contribution in [2.45, 2.75) is 52.7 Å². The summed E-state index contributed by atoms with van der Waals surface area (Å²) in [6.07, 6.45) is 4.93. The molecule has 0 spiro atoms. The van der Waals surface area contributed by atoms with Crippen molar-refractivity contribution in [2.75, 3.05) is 51.3 Å². The maximum atomic E-state index is 13.5. The van der Waals surface area contributed by atoms with Crippen LogP contribution in [-0.4, -0.2) is 77.8 Å². The number of aromatic nitrogens is 3. The first-order valence-corrected chi connectivity index (χ1v) is 17.4. The van der Waals surface area contributed by atoms with E-state index in [0.29, 0.717) is 18.0 Å². The fraction of sp³-hybridized carbons (Fsp3) is 0.421. The van der Waals surface area contributed by atoms with Crippen LogP contribution >= 0.6 is 0 Å². The molecule has 12 heteroatoms. The number of pyridine rings is 1. The second-order valence-corrected chi connectivity index (χ2v) is 14.1. The van der Waals surface area contributed by atoms with Gasteiger partial charge in [0, 0.05) is 50.4 Å². The Balaban J connectivity index is 1.15. The molecule has 0 radical (unpaired) electrons. The summed E-state index contributed by atoms with van der Waals surface area (Å²) in [7, 11) is 2.04. The molecule has 12 nitrogen and oxygen atoms in total. The number of aliphatic imine (C=N–C) groups is 1. The fourth-order valence-electron chi connectivity index (χ4n) is 6.12. The van der Waals surface area contributed by atoms with Crippen LogP contribution in [0.4, 0.5) is 16.4 Å². The van der Waals surface area contributed by atoms with Gasteiger partial charge in [-0.2, -0.15) is 0 Å². The average molecular weight is 680 g/mol. The van der Waals surface area contributed by atoms with Crippen molar-refractivity contribution < 1.29 is 14.3 Å². The summed E-state index contributed by atoms with van der Waals surface area (Å²) in [5.41, 5.74) is 11.4. The molecule has 0 bridgehead atoms. The number of anilines is 1. The van der Waals surface area contributed by atoms with E-state index in [1.807, 2.05) is 93.9 Å². The lowest BCUT2D eigenvalue weighted by Crippen LogP contribution is -2.42. The van der Waals surface area contributed by atoms with Gasteiger partial charge in [0.15, 0.2) is 5.65 Å². The van der Waals surface area contributed by atoms with Crippen molar-refractivity contribution in [2.24, 2.45) is 16.1 Å². The van der Waals surface area contributed by atoms with Gasteiger partial charge in [-0.3, -0.25) is 14.6 Å². The first kappa shape index (κ1) is 34.9. The Labute approximate surface area is 294 Å². The molecule has 0 unspecified atom stereocenters. The van der Waals surface area contributed by atoms with Crippen LogP contribution in [0.3, 0.4) is 0 Å². The first-order chi connectivity index (χ1) is 24.0. The van der Waals surface area contributed by atoms with E-state index in [1.54, 1.807) is 6.08 Å². The highest BCUT2D eigenvalue weighted by Gasteiger charge is 2.30. The van der Waals surface area contributed by atoms with Gasteiger partial charge < -0.3 is 25.4 Å². The van der Waals surface area contributed by atoms with E-state index in [2.05, 4.69) is 42.8 Å². The number of carbonyl (C=O) groups is 1. The largest absolute Gasteiger partial charge is 0.484 e. The maximum Gasteiger partial charge on any atom is 0.320 e.